The van der Waals surface area contributed by atoms with Crippen molar-refractivity contribution < 1.29 is 48.3 Å². The molecule has 2 N–H and O–H groups in total. The molecule has 4 rings (SSSR count). The maximum Gasteiger partial charge on any atom is 0.306 e. The molecule has 1 aromatic carbocycles. The summed E-state index contributed by atoms with van der Waals surface area (Å²) in [4.78, 5) is 52.7. The molecule has 0 aliphatic rings. The number of ether oxygens (including phenoxy) is 4. The number of carbonyl (C=O) groups is 4. The second-order valence-corrected chi connectivity index (χ2v) is 12.1. The van der Waals surface area contributed by atoms with Crippen LogP contribution in [0.15, 0.2) is 30.3 Å². The fraction of sp³-hybridized carbons (Fsp3) is 0.367. The van der Waals surface area contributed by atoms with Crippen LogP contribution in [0, 0.1) is 11.8 Å². The van der Waals surface area contributed by atoms with Crippen molar-refractivity contribution in [2.24, 2.45) is 11.8 Å². The Labute approximate surface area is 255 Å². The Kier molecular flexibility index (Phi) is 10.2. The highest BCUT2D eigenvalue weighted by atomic mass is 32.1. The van der Waals surface area contributed by atoms with Crippen LogP contribution >= 0.6 is 22.7 Å². The van der Waals surface area contributed by atoms with E-state index in [4.69, 9.17) is 29.2 Å². The highest BCUT2D eigenvalue weighted by molar-refractivity contribution is 7.21. The van der Waals surface area contributed by atoms with Crippen molar-refractivity contribution in [1.82, 2.24) is 4.98 Å². The van der Waals surface area contributed by atoms with E-state index in [1.807, 2.05) is 0 Å². The normalized spacial score (nSPS) is 12.6. The number of benzene rings is 1. The molecule has 0 amide bonds. The van der Waals surface area contributed by atoms with E-state index in [0.717, 1.165) is 10.1 Å². The summed E-state index contributed by atoms with van der Waals surface area (Å²) in [5, 5.41) is 19.0. The van der Waals surface area contributed by atoms with Gasteiger partial charge in [-0.15, -0.1) is 22.7 Å². The zero-order chi connectivity index (χ0) is 31.3. The van der Waals surface area contributed by atoms with Crippen LogP contribution in [0.5, 0.6) is 23.1 Å². The lowest BCUT2D eigenvalue weighted by atomic mass is 10.0. The van der Waals surface area contributed by atoms with Crippen LogP contribution < -0.4 is 18.9 Å². The molecule has 4 aromatic rings. The fourth-order valence-corrected chi connectivity index (χ4v) is 6.13. The number of carbonyl (C=O) groups excluding carboxylic acids is 2. The number of nitrogens with zero attached hydrogens (tertiary/aromatic N) is 1. The van der Waals surface area contributed by atoms with Crippen LogP contribution in [0.3, 0.4) is 0 Å². The van der Waals surface area contributed by atoms with Gasteiger partial charge < -0.3 is 29.2 Å². The number of rotatable bonds is 16. The molecule has 0 radical (unpaired) electrons. The molecule has 3 heterocycles. The van der Waals surface area contributed by atoms with Crippen molar-refractivity contribution in [1.29, 1.82) is 0 Å². The van der Waals surface area contributed by atoms with Crippen LogP contribution in [0.2, 0.25) is 0 Å². The van der Waals surface area contributed by atoms with Gasteiger partial charge in [-0.1, -0.05) is 13.8 Å². The Morgan fingerprint density at radius 1 is 0.744 bits per heavy atom. The summed E-state index contributed by atoms with van der Waals surface area (Å²) in [6.45, 7) is 3.57. The molecule has 0 spiro atoms. The zero-order valence-corrected chi connectivity index (χ0v) is 25.6. The highest BCUT2D eigenvalue weighted by Gasteiger charge is 2.21. The number of aliphatic carboxylic acids is 2. The SMILES string of the molecule is COc1cc2sc(C(=O)C[C@H](C)C(=O)O)cc2cc1OCCCOc1cc2sc(C(=O)C[C@H](C)C(=O)O)cc2nc1OC. The van der Waals surface area contributed by atoms with Crippen molar-refractivity contribution in [3.05, 3.63) is 40.1 Å². The standard InChI is InChI=1S/C30H31NO10S2/c1-15(29(34)35)8-19(32)26-11-17-10-22(21(38-3)13-24(17)42-26)40-6-5-7-41-23-14-25-18(31-28(23)39-4)12-27(43-25)20(33)9-16(2)30(36)37/h10-16H,5-9H2,1-4H3,(H,34,35)(H,36,37)/t15-,16-/m0/s1. The van der Waals surface area contributed by atoms with Gasteiger partial charge in [-0.25, -0.2) is 4.98 Å². The number of Topliss-reactive ketones (excluding diaryl/α,β-unsaturated/α-hetero) is 2. The zero-order valence-electron chi connectivity index (χ0n) is 24.0. The Morgan fingerprint density at radius 3 is 1.88 bits per heavy atom. The summed E-state index contributed by atoms with van der Waals surface area (Å²) in [6, 6.07) is 8.68. The van der Waals surface area contributed by atoms with E-state index in [1.54, 1.807) is 30.3 Å². The molecule has 11 nitrogen and oxygen atoms in total. The van der Waals surface area contributed by atoms with Gasteiger partial charge in [0.05, 0.1) is 59.2 Å². The van der Waals surface area contributed by atoms with E-state index in [0.29, 0.717) is 50.2 Å². The molecular formula is C30H31NO10S2. The number of hydrogen-bond acceptors (Lipinski definition) is 11. The van der Waals surface area contributed by atoms with Crippen LogP contribution in [-0.2, 0) is 9.59 Å². The van der Waals surface area contributed by atoms with Crippen molar-refractivity contribution in [3.63, 3.8) is 0 Å². The molecule has 3 aromatic heterocycles. The predicted octanol–water partition coefficient (Wildman–Crippen LogP) is 5.96. The van der Waals surface area contributed by atoms with E-state index in [2.05, 4.69) is 4.98 Å². The summed E-state index contributed by atoms with van der Waals surface area (Å²) in [5.41, 5.74) is 0.557. The first-order valence-corrected chi connectivity index (χ1v) is 15.0. The number of carboxylic acids is 2. The van der Waals surface area contributed by atoms with Gasteiger partial charge in [-0.2, -0.15) is 0 Å². The second kappa shape index (κ2) is 13.8. The third-order valence-corrected chi connectivity index (χ3v) is 8.86. The number of methoxy groups -OCH3 is 2. The molecule has 43 heavy (non-hydrogen) atoms. The van der Waals surface area contributed by atoms with Crippen LogP contribution in [0.4, 0.5) is 0 Å². The number of ketones is 2. The quantitative estimate of drug-likeness (QED) is 0.111. The number of carboxylic acid groups (broad SMARTS) is 2. The average Bonchev–Trinajstić information content (AvgIpc) is 3.59. The Morgan fingerprint density at radius 2 is 1.30 bits per heavy atom. The van der Waals surface area contributed by atoms with Crippen LogP contribution in [0.1, 0.15) is 52.5 Å². The second-order valence-electron chi connectivity index (χ2n) is 9.93. The van der Waals surface area contributed by atoms with E-state index in [9.17, 15) is 19.2 Å². The molecule has 0 saturated heterocycles. The molecule has 0 fully saturated rings. The Bertz CT molecular complexity index is 1550. The predicted molar refractivity (Wildman–Crippen MR) is 162 cm³/mol. The number of thiophene rings is 2. The summed E-state index contributed by atoms with van der Waals surface area (Å²) in [6.07, 6.45) is 0.329. The van der Waals surface area contributed by atoms with E-state index >= 15 is 0 Å². The average molecular weight is 630 g/mol. The summed E-state index contributed by atoms with van der Waals surface area (Å²) < 4.78 is 24.3. The number of hydrogen-bond donors (Lipinski definition) is 2. The van der Waals surface area contributed by atoms with Crippen molar-refractivity contribution in [2.45, 2.75) is 33.1 Å². The molecule has 0 aliphatic heterocycles. The third kappa shape index (κ3) is 7.59. The summed E-state index contributed by atoms with van der Waals surface area (Å²) in [5.74, 6) is -2.40. The van der Waals surface area contributed by atoms with Gasteiger partial charge in [0.15, 0.2) is 28.8 Å². The Balaban J connectivity index is 1.38. The molecule has 0 saturated carbocycles. The molecule has 0 bridgehead atoms. The third-order valence-electron chi connectivity index (χ3n) is 6.61. The van der Waals surface area contributed by atoms with Gasteiger partial charge in [-0.3, -0.25) is 19.2 Å². The maximum atomic E-state index is 12.6. The molecule has 13 heteroatoms. The largest absolute Gasteiger partial charge is 0.493 e. The van der Waals surface area contributed by atoms with Gasteiger partial charge in [-0.05, 0) is 23.6 Å². The fourth-order valence-electron chi connectivity index (χ4n) is 4.13. The van der Waals surface area contributed by atoms with Crippen molar-refractivity contribution >= 4 is 66.5 Å². The topological polar surface area (TPSA) is 159 Å². The minimum absolute atomic E-state index is 0.0757. The van der Waals surface area contributed by atoms with Crippen LogP contribution in [0.25, 0.3) is 20.3 Å². The summed E-state index contributed by atoms with van der Waals surface area (Å²) >= 11 is 2.50. The first kappa shape index (κ1) is 31.7. The van der Waals surface area contributed by atoms with E-state index in [1.165, 1.54) is 50.7 Å². The first-order valence-electron chi connectivity index (χ1n) is 13.4. The van der Waals surface area contributed by atoms with E-state index in [-0.39, 0.29) is 36.9 Å². The Hall–Kier alpha value is -4.23. The highest BCUT2D eigenvalue weighted by Crippen LogP contribution is 2.38. The smallest absolute Gasteiger partial charge is 0.306 e. The molecule has 228 valence electrons. The lowest BCUT2D eigenvalue weighted by Gasteiger charge is -2.12. The van der Waals surface area contributed by atoms with E-state index < -0.39 is 23.8 Å². The van der Waals surface area contributed by atoms with Gasteiger partial charge in [0.25, 0.3) is 5.88 Å². The van der Waals surface area contributed by atoms with Crippen molar-refractivity contribution in [2.75, 3.05) is 27.4 Å². The number of aromatic nitrogens is 1. The minimum Gasteiger partial charge on any atom is -0.493 e. The maximum absolute atomic E-state index is 12.6. The monoisotopic (exact) mass is 629 g/mol. The van der Waals surface area contributed by atoms with Crippen molar-refractivity contribution in [3.8, 4) is 23.1 Å². The first-order chi connectivity index (χ1) is 20.5. The molecule has 2 atom stereocenters. The van der Waals surface area contributed by atoms with Gasteiger partial charge in [0.1, 0.15) is 0 Å². The molecular weight excluding hydrogens is 598 g/mol. The van der Waals surface area contributed by atoms with Gasteiger partial charge in [0.2, 0.25) is 0 Å². The molecule has 0 unspecified atom stereocenters. The number of pyridine rings is 1. The van der Waals surface area contributed by atoms with Gasteiger partial charge in [0, 0.05) is 36.1 Å². The van der Waals surface area contributed by atoms with Crippen LogP contribution in [-0.4, -0.2) is 66.1 Å². The minimum atomic E-state index is -1.02. The molecule has 0 aliphatic carbocycles. The van der Waals surface area contributed by atoms with Gasteiger partial charge >= 0.3 is 11.9 Å². The lowest BCUT2D eigenvalue weighted by molar-refractivity contribution is -0.141. The lowest BCUT2D eigenvalue weighted by Crippen LogP contribution is -2.13. The number of fused-ring (bicyclic) bond motifs is 2. The summed E-state index contributed by atoms with van der Waals surface area (Å²) in [7, 11) is 2.99.